The van der Waals surface area contributed by atoms with Gasteiger partial charge in [-0.25, -0.2) is 15.0 Å². The van der Waals surface area contributed by atoms with Crippen LogP contribution in [0.3, 0.4) is 0 Å². The summed E-state index contributed by atoms with van der Waals surface area (Å²) in [6, 6.07) is 2.25. The number of hydrogen-bond acceptors (Lipinski definition) is 4. The lowest BCUT2D eigenvalue weighted by Gasteiger charge is -2.08. The Morgan fingerprint density at radius 2 is 1.75 bits per heavy atom. The Bertz CT molecular complexity index is 629. The fourth-order valence-corrected chi connectivity index (χ4v) is 2.36. The van der Waals surface area contributed by atoms with Crippen LogP contribution in [0.1, 0.15) is 17.0 Å². The van der Waals surface area contributed by atoms with E-state index in [1.165, 1.54) is 6.07 Å². The molecule has 0 aromatic carbocycles. The van der Waals surface area contributed by atoms with Crippen LogP contribution in [0.15, 0.2) is 28.4 Å². The number of alkyl halides is 3. The minimum atomic E-state index is -4.39. The Kier molecular flexibility index (Phi) is 4.19. The first kappa shape index (κ1) is 15.1. The van der Waals surface area contributed by atoms with Gasteiger partial charge in [0, 0.05) is 6.20 Å². The van der Waals surface area contributed by atoms with Crippen LogP contribution in [0, 0.1) is 13.8 Å². The molecule has 0 amide bonds. The predicted molar refractivity (Wildman–Crippen MR) is 69.9 cm³/mol. The molecule has 2 aromatic rings. The summed E-state index contributed by atoms with van der Waals surface area (Å²) in [5, 5.41) is 0.999. The minimum Gasteiger partial charge on any atom is -0.249 e. The van der Waals surface area contributed by atoms with Gasteiger partial charge in [0.1, 0.15) is 10.1 Å². The van der Waals surface area contributed by atoms with Crippen LogP contribution >= 0.6 is 23.4 Å². The molecule has 0 aliphatic heterocycles. The number of rotatable bonds is 2. The van der Waals surface area contributed by atoms with Crippen LogP contribution < -0.4 is 0 Å². The number of aromatic nitrogens is 3. The van der Waals surface area contributed by atoms with Crippen molar-refractivity contribution in [3.63, 3.8) is 0 Å². The average molecular weight is 320 g/mol. The highest BCUT2D eigenvalue weighted by atomic mass is 35.5. The number of hydrogen-bond donors (Lipinski definition) is 0. The molecule has 3 nitrogen and oxygen atoms in total. The van der Waals surface area contributed by atoms with Crippen molar-refractivity contribution in [3.05, 3.63) is 40.4 Å². The maximum Gasteiger partial charge on any atom is 0.417 e. The molecule has 0 saturated carbocycles. The third-order valence-corrected chi connectivity index (χ3v) is 3.80. The van der Waals surface area contributed by atoms with E-state index in [4.69, 9.17) is 11.6 Å². The molecule has 0 aliphatic carbocycles. The molecule has 0 saturated heterocycles. The van der Waals surface area contributed by atoms with Gasteiger partial charge in [-0.15, -0.1) is 0 Å². The zero-order chi connectivity index (χ0) is 14.9. The van der Waals surface area contributed by atoms with E-state index in [-0.39, 0.29) is 5.15 Å². The van der Waals surface area contributed by atoms with E-state index in [1.807, 2.05) is 0 Å². The van der Waals surface area contributed by atoms with Gasteiger partial charge in [-0.2, -0.15) is 13.2 Å². The van der Waals surface area contributed by atoms with Crippen molar-refractivity contribution in [2.24, 2.45) is 0 Å². The van der Waals surface area contributed by atoms with Crippen LogP contribution in [0.2, 0.25) is 5.15 Å². The molecule has 2 heterocycles. The van der Waals surface area contributed by atoms with E-state index in [0.717, 1.165) is 24.0 Å². The quantitative estimate of drug-likeness (QED) is 0.826. The highest BCUT2D eigenvalue weighted by molar-refractivity contribution is 7.99. The van der Waals surface area contributed by atoms with Gasteiger partial charge < -0.3 is 0 Å². The van der Waals surface area contributed by atoms with Gasteiger partial charge in [-0.05, 0) is 37.7 Å². The Hall–Kier alpha value is -1.34. The van der Waals surface area contributed by atoms with E-state index < -0.39 is 11.7 Å². The van der Waals surface area contributed by atoms with E-state index in [1.54, 1.807) is 13.8 Å². The fourth-order valence-electron chi connectivity index (χ4n) is 1.33. The molecule has 8 heteroatoms. The smallest absolute Gasteiger partial charge is 0.249 e. The third kappa shape index (κ3) is 3.40. The lowest BCUT2D eigenvalue weighted by atomic mass is 10.3. The zero-order valence-electron chi connectivity index (χ0n) is 10.5. The Labute approximate surface area is 122 Å². The van der Waals surface area contributed by atoms with Crippen molar-refractivity contribution in [1.29, 1.82) is 0 Å². The molecule has 0 atom stereocenters. The molecular weight excluding hydrogens is 311 g/mol. The SMILES string of the molecule is Cc1nc(Cl)c(Sc2ccc(C(F)(F)F)cn2)nc1C. The van der Waals surface area contributed by atoms with Crippen molar-refractivity contribution in [3.8, 4) is 0 Å². The summed E-state index contributed by atoms with van der Waals surface area (Å²) < 4.78 is 37.3. The van der Waals surface area contributed by atoms with Gasteiger partial charge >= 0.3 is 6.18 Å². The van der Waals surface area contributed by atoms with Crippen LogP contribution in [-0.4, -0.2) is 15.0 Å². The monoisotopic (exact) mass is 319 g/mol. The summed E-state index contributed by atoms with van der Waals surface area (Å²) in [5.41, 5.74) is 0.627. The molecule has 106 valence electrons. The second kappa shape index (κ2) is 5.57. The lowest BCUT2D eigenvalue weighted by Crippen LogP contribution is -2.05. The second-order valence-electron chi connectivity index (χ2n) is 3.98. The fraction of sp³-hybridized carbons (Fsp3) is 0.250. The van der Waals surface area contributed by atoms with Crippen molar-refractivity contribution < 1.29 is 13.2 Å². The third-order valence-electron chi connectivity index (χ3n) is 2.50. The number of halogens is 4. The van der Waals surface area contributed by atoms with Crippen molar-refractivity contribution >= 4 is 23.4 Å². The zero-order valence-corrected chi connectivity index (χ0v) is 12.1. The summed E-state index contributed by atoms with van der Waals surface area (Å²) in [4.78, 5) is 12.1. The molecular formula is C12H9ClF3N3S. The molecule has 0 aliphatic rings. The van der Waals surface area contributed by atoms with Crippen molar-refractivity contribution in [2.75, 3.05) is 0 Å². The van der Waals surface area contributed by atoms with E-state index >= 15 is 0 Å². The molecule has 0 spiro atoms. The molecule has 0 bridgehead atoms. The summed E-state index contributed by atoms with van der Waals surface area (Å²) in [6.45, 7) is 3.56. The van der Waals surface area contributed by atoms with E-state index in [2.05, 4.69) is 15.0 Å². The molecule has 0 fully saturated rings. The largest absolute Gasteiger partial charge is 0.417 e. The summed E-state index contributed by atoms with van der Waals surface area (Å²) >= 11 is 7.03. The standard InChI is InChI=1S/C12H9ClF3N3S/c1-6-7(2)19-11(10(13)18-6)20-9-4-3-8(5-17-9)12(14,15)16/h3-5H,1-2H3. The molecule has 0 radical (unpaired) electrons. The first-order valence-electron chi connectivity index (χ1n) is 5.49. The summed E-state index contributed by atoms with van der Waals surface area (Å²) in [6.07, 6.45) is -3.61. The maximum atomic E-state index is 12.4. The number of pyridine rings is 1. The molecule has 20 heavy (non-hydrogen) atoms. The molecule has 2 rings (SSSR count). The number of aryl methyl sites for hydroxylation is 2. The van der Waals surface area contributed by atoms with Crippen molar-refractivity contribution in [2.45, 2.75) is 30.1 Å². The van der Waals surface area contributed by atoms with E-state index in [0.29, 0.717) is 21.4 Å². The van der Waals surface area contributed by atoms with Gasteiger partial charge in [0.15, 0.2) is 5.15 Å². The first-order chi connectivity index (χ1) is 9.27. The Balaban J connectivity index is 2.25. The lowest BCUT2D eigenvalue weighted by molar-refractivity contribution is -0.137. The summed E-state index contributed by atoms with van der Waals surface area (Å²) in [5.74, 6) is 0. The summed E-state index contributed by atoms with van der Waals surface area (Å²) in [7, 11) is 0. The molecule has 2 aromatic heterocycles. The van der Waals surface area contributed by atoms with Crippen LogP contribution in [0.4, 0.5) is 13.2 Å². The van der Waals surface area contributed by atoms with Crippen LogP contribution in [0.5, 0.6) is 0 Å². The normalized spacial score (nSPS) is 11.7. The van der Waals surface area contributed by atoms with Gasteiger partial charge in [-0.1, -0.05) is 11.6 Å². The number of nitrogens with zero attached hydrogens (tertiary/aromatic N) is 3. The second-order valence-corrected chi connectivity index (χ2v) is 5.34. The average Bonchev–Trinajstić information content (AvgIpc) is 2.35. The minimum absolute atomic E-state index is 0.208. The maximum absolute atomic E-state index is 12.4. The van der Waals surface area contributed by atoms with Gasteiger partial charge in [0.25, 0.3) is 0 Å². The van der Waals surface area contributed by atoms with E-state index in [9.17, 15) is 13.2 Å². The predicted octanol–water partition coefficient (Wildman–Crippen LogP) is 4.31. The van der Waals surface area contributed by atoms with Gasteiger partial charge in [0.05, 0.1) is 17.0 Å². The topological polar surface area (TPSA) is 38.7 Å². The van der Waals surface area contributed by atoms with Crippen molar-refractivity contribution in [1.82, 2.24) is 15.0 Å². The molecule has 0 unspecified atom stereocenters. The van der Waals surface area contributed by atoms with Crippen LogP contribution in [0.25, 0.3) is 0 Å². The van der Waals surface area contributed by atoms with Gasteiger partial charge in [-0.3, -0.25) is 0 Å². The Morgan fingerprint density at radius 1 is 1.10 bits per heavy atom. The molecule has 0 N–H and O–H groups in total. The van der Waals surface area contributed by atoms with Crippen LogP contribution in [-0.2, 0) is 6.18 Å². The Morgan fingerprint density at radius 3 is 2.30 bits per heavy atom. The highest BCUT2D eigenvalue weighted by Gasteiger charge is 2.30. The highest BCUT2D eigenvalue weighted by Crippen LogP contribution is 2.33. The first-order valence-corrected chi connectivity index (χ1v) is 6.68. The van der Waals surface area contributed by atoms with Gasteiger partial charge in [0.2, 0.25) is 0 Å².